The molecule has 0 fully saturated rings. The van der Waals surface area contributed by atoms with Crippen molar-refractivity contribution in [3.05, 3.63) is 53.1 Å². The molecule has 0 aromatic carbocycles. The van der Waals surface area contributed by atoms with Crippen LogP contribution in [0.25, 0.3) is 11.8 Å². The summed E-state index contributed by atoms with van der Waals surface area (Å²) in [5, 5.41) is 17.6. The van der Waals surface area contributed by atoms with E-state index in [1.165, 1.54) is 0 Å². The lowest BCUT2D eigenvalue weighted by molar-refractivity contribution is 0.954. The van der Waals surface area contributed by atoms with Crippen molar-refractivity contribution < 1.29 is 0 Å². The van der Waals surface area contributed by atoms with Crippen LogP contribution >= 0.6 is 0 Å². The molecule has 0 spiro atoms. The van der Waals surface area contributed by atoms with E-state index >= 15 is 0 Å². The molecule has 0 radical (unpaired) electrons. The Bertz CT molecular complexity index is 693. The number of hydrogen-bond donors (Lipinski definition) is 0. The number of aromatic nitrogens is 2. The molecule has 4 heteroatoms. The second kappa shape index (κ2) is 5.20. The maximum Gasteiger partial charge on any atom is 0.130 e. The van der Waals surface area contributed by atoms with Gasteiger partial charge in [-0.15, -0.1) is 0 Å². The molecule has 2 aromatic rings. The first kappa shape index (κ1) is 12.6. The molecule has 0 aliphatic rings. The number of aryl methyl sites for hydroxylation is 1. The Balaban J connectivity index is 2.57. The second-order valence-electron chi connectivity index (χ2n) is 4.15. The van der Waals surface area contributed by atoms with Gasteiger partial charge in [0.05, 0.1) is 11.9 Å². The van der Waals surface area contributed by atoms with Crippen LogP contribution in [-0.4, -0.2) is 9.55 Å². The molecule has 2 rings (SSSR count). The van der Waals surface area contributed by atoms with Gasteiger partial charge in [0.2, 0.25) is 0 Å². The first-order chi connectivity index (χ1) is 9.17. The molecule has 0 atom stereocenters. The number of pyridine rings is 1. The fraction of sp³-hybridized carbons (Fsp3) is 0.133. The van der Waals surface area contributed by atoms with Crippen LogP contribution in [0.2, 0.25) is 0 Å². The quantitative estimate of drug-likeness (QED) is 0.767. The Morgan fingerprint density at radius 2 is 2.05 bits per heavy atom. The normalized spacial score (nSPS) is 9.47. The summed E-state index contributed by atoms with van der Waals surface area (Å²) < 4.78 is 2.05. The predicted octanol–water partition coefficient (Wildman–Crippen LogP) is 2.92. The number of hydrogen-bond acceptors (Lipinski definition) is 3. The SMILES string of the molecule is Cc1cc(C=C(C#N)C#N)c(C)n1-c1cccnc1. The third-order valence-electron chi connectivity index (χ3n) is 2.92. The van der Waals surface area contributed by atoms with Crippen LogP contribution in [0.1, 0.15) is 17.0 Å². The van der Waals surface area contributed by atoms with Crippen LogP contribution in [0.15, 0.2) is 36.2 Å². The van der Waals surface area contributed by atoms with Gasteiger partial charge in [0.25, 0.3) is 0 Å². The lowest BCUT2D eigenvalue weighted by Crippen LogP contribution is -1.99. The summed E-state index contributed by atoms with van der Waals surface area (Å²) in [6.45, 7) is 3.94. The van der Waals surface area contributed by atoms with E-state index in [4.69, 9.17) is 10.5 Å². The van der Waals surface area contributed by atoms with Gasteiger partial charge in [-0.25, -0.2) is 0 Å². The Morgan fingerprint density at radius 3 is 2.63 bits per heavy atom. The average Bonchev–Trinajstić information content (AvgIpc) is 2.71. The molecular formula is C15H12N4. The molecule has 0 saturated carbocycles. The highest BCUT2D eigenvalue weighted by Crippen LogP contribution is 2.22. The van der Waals surface area contributed by atoms with Crippen molar-refractivity contribution in [3.63, 3.8) is 0 Å². The molecule has 2 heterocycles. The number of nitrogens with zero attached hydrogens (tertiary/aromatic N) is 4. The first-order valence-corrected chi connectivity index (χ1v) is 5.78. The molecule has 0 bridgehead atoms. The second-order valence-corrected chi connectivity index (χ2v) is 4.15. The Morgan fingerprint density at radius 1 is 1.32 bits per heavy atom. The van der Waals surface area contributed by atoms with Gasteiger partial charge in [0.1, 0.15) is 17.7 Å². The third-order valence-corrected chi connectivity index (χ3v) is 2.92. The molecule has 0 aliphatic carbocycles. The van der Waals surface area contributed by atoms with E-state index in [0.29, 0.717) is 0 Å². The fourth-order valence-corrected chi connectivity index (χ4v) is 2.06. The highest BCUT2D eigenvalue weighted by Gasteiger charge is 2.09. The van der Waals surface area contributed by atoms with Gasteiger partial charge < -0.3 is 4.57 Å². The van der Waals surface area contributed by atoms with Gasteiger partial charge in [-0.05, 0) is 43.7 Å². The summed E-state index contributed by atoms with van der Waals surface area (Å²) in [4.78, 5) is 4.10. The molecule has 0 saturated heterocycles. The summed E-state index contributed by atoms with van der Waals surface area (Å²) in [6.07, 6.45) is 5.11. The smallest absolute Gasteiger partial charge is 0.130 e. The van der Waals surface area contributed by atoms with Gasteiger partial charge in [0.15, 0.2) is 0 Å². The van der Waals surface area contributed by atoms with Crippen molar-refractivity contribution in [1.82, 2.24) is 9.55 Å². The van der Waals surface area contributed by atoms with Gasteiger partial charge in [0, 0.05) is 17.6 Å². The van der Waals surface area contributed by atoms with Crippen LogP contribution in [0.4, 0.5) is 0 Å². The van der Waals surface area contributed by atoms with Crippen molar-refractivity contribution in [2.45, 2.75) is 13.8 Å². The van der Waals surface area contributed by atoms with Crippen LogP contribution in [0.5, 0.6) is 0 Å². The summed E-state index contributed by atoms with van der Waals surface area (Å²) in [6, 6.07) is 9.55. The molecule has 19 heavy (non-hydrogen) atoms. The molecule has 0 aliphatic heterocycles. The Labute approximate surface area is 111 Å². The van der Waals surface area contributed by atoms with Crippen molar-refractivity contribution >= 4 is 6.08 Å². The lowest BCUT2D eigenvalue weighted by Gasteiger charge is -2.08. The van der Waals surface area contributed by atoms with Crippen molar-refractivity contribution in [2.24, 2.45) is 0 Å². The maximum absolute atomic E-state index is 8.81. The van der Waals surface area contributed by atoms with E-state index in [9.17, 15) is 0 Å². The van der Waals surface area contributed by atoms with Gasteiger partial charge in [-0.3, -0.25) is 4.98 Å². The van der Waals surface area contributed by atoms with Crippen LogP contribution in [0.3, 0.4) is 0 Å². The average molecular weight is 248 g/mol. The van der Waals surface area contributed by atoms with E-state index in [1.54, 1.807) is 18.5 Å². The summed E-state index contributed by atoms with van der Waals surface area (Å²) in [7, 11) is 0. The summed E-state index contributed by atoms with van der Waals surface area (Å²) >= 11 is 0. The highest BCUT2D eigenvalue weighted by molar-refractivity contribution is 5.65. The Hall–Kier alpha value is -2.85. The first-order valence-electron chi connectivity index (χ1n) is 5.78. The number of allylic oxidation sites excluding steroid dienone is 1. The minimum Gasteiger partial charge on any atom is -0.316 e. The molecular weight excluding hydrogens is 236 g/mol. The van der Waals surface area contributed by atoms with E-state index in [2.05, 4.69) is 4.98 Å². The number of nitriles is 2. The van der Waals surface area contributed by atoms with Crippen molar-refractivity contribution in [1.29, 1.82) is 10.5 Å². The van der Waals surface area contributed by atoms with Gasteiger partial charge in [-0.1, -0.05) is 0 Å². The zero-order valence-electron chi connectivity index (χ0n) is 10.8. The Kier molecular flexibility index (Phi) is 3.45. The van der Waals surface area contributed by atoms with E-state index in [0.717, 1.165) is 22.6 Å². The minimum atomic E-state index is 0.103. The van der Waals surface area contributed by atoms with Gasteiger partial charge in [-0.2, -0.15) is 10.5 Å². The zero-order valence-corrected chi connectivity index (χ0v) is 10.8. The maximum atomic E-state index is 8.81. The van der Waals surface area contributed by atoms with Gasteiger partial charge >= 0.3 is 0 Å². The van der Waals surface area contributed by atoms with Crippen molar-refractivity contribution in [3.8, 4) is 17.8 Å². The largest absolute Gasteiger partial charge is 0.316 e. The highest BCUT2D eigenvalue weighted by atomic mass is 15.0. The minimum absolute atomic E-state index is 0.103. The van der Waals surface area contributed by atoms with Crippen LogP contribution in [-0.2, 0) is 0 Å². The monoisotopic (exact) mass is 248 g/mol. The van der Waals surface area contributed by atoms with Crippen molar-refractivity contribution in [2.75, 3.05) is 0 Å². The molecule has 0 unspecified atom stereocenters. The van der Waals surface area contributed by atoms with E-state index in [1.807, 2.05) is 48.8 Å². The predicted molar refractivity (Wildman–Crippen MR) is 72.2 cm³/mol. The lowest BCUT2D eigenvalue weighted by atomic mass is 10.1. The van der Waals surface area contributed by atoms with E-state index in [-0.39, 0.29) is 5.57 Å². The molecule has 2 aromatic heterocycles. The molecule has 0 amide bonds. The topological polar surface area (TPSA) is 65.4 Å². The number of rotatable bonds is 2. The molecule has 92 valence electrons. The van der Waals surface area contributed by atoms with E-state index < -0.39 is 0 Å². The van der Waals surface area contributed by atoms with Crippen LogP contribution in [0, 0.1) is 36.5 Å². The zero-order chi connectivity index (χ0) is 13.8. The third kappa shape index (κ3) is 2.38. The summed E-state index contributed by atoms with van der Waals surface area (Å²) in [5.74, 6) is 0. The molecule has 0 N–H and O–H groups in total. The molecule has 4 nitrogen and oxygen atoms in total. The standard InChI is InChI=1S/C15H12N4/c1-11-6-14(7-13(8-16)9-17)12(2)19(11)15-4-3-5-18-10-15/h3-7,10H,1-2H3. The summed E-state index contributed by atoms with van der Waals surface area (Å²) in [5.41, 5.74) is 3.96. The fourth-order valence-electron chi connectivity index (χ4n) is 2.06. The van der Waals surface area contributed by atoms with Crippen LogP contribution < -0.4 is 0 Å².